The SMILES string of the molecule is Cc1cc(-c2ncncc2N2CCN(C(=O)OC(C)(C)C)CC2)ccc1CNC(=O)c1nc(C2(C)CC2)no1. The van der Waals surface area contributed by atoms with Crippen molar-refractivity contribution in [3.63, 3.8) is 0 Å². The summed E-state index contributed by atoms with van der Waals surface area (Å²) in [6.45, 7) is 12.4. The highest BCUT2D eigenvalue weighted by molar-refractivity contribution is 5.89. The molecule has 11 nitrogen and oxygen atoms in total. The molecule has 3 aromatic rings. The van der Waals surface area contributed by atoms with E-state index in [1.807, 2.05) is 46.0 Å². The van der Waals surface area contributed by atoms with Gasteiger partial charge in [0.15, 0.2) is 5.82 Å². The van der Waals surface area contributed by atoms with Gasteiger partial charge < -0.3 is 24.4 Å². The first kappa shape index (κ1) is 26.6. The summed E-state index contributed by atoms with van der Waals surface area (Å²) >= 11 is 0. The Morgan fingerprint density at radius 3 is 2.56 bits per heavy atom. The van der Waals surface area contributed by atoms with E-state index in [4.69, 9.17) is 9.26 Å². The fourth-order valence-electron chi connectivity index (χ4n) is 4.50. The topological polar surface area (TPSA) is 127 Å². The maximum Gasteiger partial charge on any atom is 0.410 e. The lowest BCUT2D eigenvalue weighted by atomic mass is 10.0. The van der Waals surface area contributed by atoms with Crippen LogP contribution in [0.1, 0.15) is 68.2 Å². The third-order valence-electron chi connectivity index (χ3n) is 7.18. The molecule has 0 unspecified atom stereocenters. The van der Waals surface area contributed by atoms with Crippen molar-refractivity contribution in [3.8, 4) is 11.3 Å². The molecule has 1 aliphatic heterocycles. The zero-order valence-electron chi connectivity index (χ0n) is 23.2. The second-order valence-corrected chi connectivity index (χ2v) is 11.5. The Morgan fingerprint density at radius 2 is 1.90 bits per heavy atom. The molecule has 206 valence electrons. The Balaban J connectivity index is 1.23. The van der Waals surface area contributed by atoms with Gasteiger partial charge in [-0.05, 0) is 57.7 Å². The first-order valence-corrected chi connectivity index (χ1v) is 13.3. The van der Waals surface area contributed by atoms with Crippen LogP contribution < -0.4 is 10.2 Å². The number of rotatable bonds is 6. The first-order chi connectivity index (χ1) is 18.5. The van der Waals surface area contributed by atoms with Crippen molar-refractivity contribution in [3.05, 3.63) is 53.6 Å². The highest BCUT2D eigenvalue weighted by atomic mass is 16.6. The number of nitrogens with one attached hydrogen (secondary N) is 1. The Labute approximate surface area is 228 Å². The van der Waals surface area contributed by atoms with Crippen LogP contribution in [0.3, 0.4) is 0 Å². The van der Waals surface area contributed by atoms with Crippen LogP contribution >= 0.6 is 0 Å². The molecule has 2 fully saturated rings. The summed E-state index contributed by atoms with van der Waals surface area (Å²) < 4.78 is 10.7. The molecule has 1 saturated carbocycles. The second-order valence-electron chi connectivity index (χ2n) is 11.5. The number of amides is 2. The van der Waals surface area contributed by atoms with Crippen molar-refractivity contribution < 1.29 is 18.8 Å². The zero-order valence-corrected chi connectivity index (χ0v) is 23.2. The fourth-order valence-corrected chi connectivity index (χ4v) is 4.50. The van der Waals surface area contributed by atoms with E-state index in [1.165, 1.54) is 0 Å². The number of anilines is 1. The monoisotopic (exact) mass is 533 g/mol. The number of aryl methyl sites for hydroxylation is 1. The first-order valence-electron chi connectivity index (χ1n) is 13.3. The molecule has 1 N–H and O–H groups in total. The van der Waals surface area contributed by atoms with Crippen molar-refractivity contribution in [2.45, 2.75) is 65.0 Å². The molecule has 1 saturated heterocycles. The van der Waals surface area contributed by atoms with E-state index in [2.05, 4.69) is 43.3 Å². The normalized spacial score (nSPS) is 16.6. The van der Waals surface area contributed by atoms with Crippen molar-refractivity contribution >= 4 is 17.7 Å². The molecule has 3 heterocycles. The van der Waals surface area contributed by atoms with E-state index in [1.54, 1.807) is 11.2 Å². The molecule has 0 atom stereocenters. The molecular weight excluding hydrogens is 498 g/mol. The van der Waals surface area contributed by atoms with Gasteiger partial charge >= 0.3 is 17.9 Å². The highest BCUT2D eigenvalue weighted by Crippen LogP contribution is 2.45. The summed E-state index contributed by atoms with van der Waals surface area (Å²) in [5, 5.41) is 6.85. The molecule has 2 aromatic heterocycles. The van der Waals surface area contributed by atoms with Crippen LogP contribution in [0.25, 0.3) is 11.3 Å². The minimum atomic E-state index is -0.521. The molecular formula is C28H35N7O4. The Hall–Kier alpha value is -4.02. The Morgan fingerprint density at radius 1 is 1.15 bits per heavy atom. The molecule has 0 radical (unpaired) electrons. The molecule has 0 spiro atoms. The van der Waals surface area contributed by atoms with Gasteiger partial charge in [0, 0.05) is 43.7 Å². The fraction of sp³-hybridized carbons (Fsp3) is 0.500. The molecule has 1 aliphatic carbocycles. The van der Waals surface area contributed by atoms with Crippen LogP contribution in [0.4, 0.5) is 10.5 Å². The summed E-state index contributed by atoms with van der Waals surface area (Å²) in [6, 6.07) is 6.04. The van der Waals surface area contributed by atoms with Gasteiger partial charge in [0.1, 0.15) is 11.9 Å². The highest BCUT2D eigenvalue weighted by Gasteiger charge is 2.44. The van der Waals surface area contributed by atoms with Gasteiger partial charge in [-0.25, -0.2) is 14.8 Å². The van der Waals surface area contributed by atoms with Crippen LogP contribution in [0, 0.1) is 6.92 Å². The quantitative estimate of drug-likeness (QED) is 0.502. The summed E-state index contributed by atoms with van der Waals surface area (Å²) in [5.74, 6) is 0.204. The zero-order chi connectivity index (χ0) is 27.8. The van der Waals surface area contributed by atoms with E-state index in [-0.39, 0.29) is 23.3 Å². The Kier molecular flexibility index (Phi) is 7.00. The van der Waals surface area contributed by atoms with Gasteiger partial charge in [-0.2, -0.15) is 4.98 Å². The van der Waals surface area contributed by atoms with Gasteiger partial charge in [0.05, 0.1) is 17.6 Å². The van der Waals surface area contributed by atoms with Gasteiger partial charge in [0.25, 0.3) is 0 Å². The lowest BCUT2D eigenvalue weighted by Crippen LogP contribution is -2.50. The lowest BCUT2D eigenvalue weighted by molar-refractivity contribution is 0.0240. The number of hydrogen-bond donors (Lipinski definition) is 1. The van der Waals surface area contributed by atoms with Gasteiger partial charge in [-0.15, -0.1) is 0 Å². The number of nitrogens with zero attached hydrogens (tertiary/aromatic N) is 6. The van der Waals surface area contributed by atoms with E-state index in [0.717, 1.165) is 40.9 Å². The van der Waals surface area contributed by atoms with Gasteiger partial charge in [-0.1, -0.05) is 24.2 Å². The average molecular weight is 534 g/mol. The molecule has 0 bridgehead atoms. The molecule has 39 heavy (non-hydrogen) atoms. The number of carbonyl (C=O) groups excluding carboxylic acids is 2. The van der Waals surface area contributed by atoms with E-state index in [9.17, 15) is 9.59 Å². The second kappa shape index (κ2) is 10.3. The third kappa shape index (κ3) is 6.02. The van der Waals surface area contributed by atoms with Crippen LogP contribution in [0.15, 0.2) is 35.2 Å². The maximum absolute atomic E-state index is 12.6. The van der Waals surface area contributed by atoms with E-state index < -0.39 is 5.60 Å². The van der Waals surface area contributed by atoms with Crippen LogP contribution in [-0.4, -0.2) is 68.8 Å². The van der Waals surface area contributed by atoms with Crippen LogP contribution in [0.2, 0.25) is 0 Å². The molecule has 11 heteroatoms. The summed E-state index contributed by atoms with van der Waals surface area (Å²) in [5.41, 5.74) is 4.10. The summed E-state index contributed by atoms with van der Waals surface area (Å²) in [6.07, 6.45) is 5.09. The molecule has 5 rings (SSSR count). The number of ether oxygens (including phenoxy) is 1. The van der Waals surface area contributed by atoms with Crippen molar-refractivity contribution in [1.82, 2.24) is 30.3 Å². The maximum atomic E-state index is 12.6. The predicted molar refractivity (Wildman–Crippen MR) is 144 cm³/mol. The Bertz CT molecular complexity index is 1370. The number of hydrogen-bond acceptors (Lipinski definition) is 9. The molecule has 2 aliphatic rings. The van der Waals surface area contributed by atoms with Crippen molar-refractivity contribution in [2.75, 3.05) is 31.1 Å². The van der Waals surface area contributed by atoms with Gasteiger partial charge in [-0.3, -0.25) is 4.79 Å². The minimum absolute atomic E-state index is 0.00945. The minimum Gasteiger partial charge on any atom is -0.444 e. The molecule has 1 aromatic carbocycles. The smallest absolute Gasteiger partial charge is 0.410 e. The third-order valence-corrected chi connectivity index (χ3v) is 7.18. The standard InChI is InChI=1S/C28H35N7O4/c1-18-14-19(6-7-20(18)15-30-23(36)24-32-25(33-39-24)28(5)8-9-28)22-21(16-29-17-31-22)34-10-12-35(13-11-34)26(37)38-27(2,3)4/h6-7,14,16-17H,8-13,15H2,1-5H3,(H,30,36). The predicted octanol–water partition coefficient (Wildman–Crippen LogP) is 3.87. The van der Waals surface area contributed by atoms with Crippen molar-refractivity contribution in [2.24, 2.45) is 0 Å². The number of piperazine rings is 1. The van der Waals surface area contributed by atoms with E-state index in [0.29, 0.717) is 38.5 Å². The average Bonchev–Trinajstić information content (AvgIpc) is 3.44. The molecule has 2 amide bonds. The lowest BCUT2D eigenvalue weighted by Gasteiger charge is -2.37. The number of benzene rings is 1. The summed E-state index contributed by atoms with van der Waals surface area (Å²) in [7, 11) is 0. The largest absolute Gasteiger partial charge is 0.444 e. The van der Waals surface area contributed by atoms with Crippen molar-refractivity contribution in [1.29, 1.82) is 0 Å². The summed E-state index contributed by atoms with van der Waals surface area (Å²) in [4.78, 5) is 42.1. The number of aromatic nitrogens is 4. The van der Waals surface area contributed by atoms with Crippen LogP contribution in [-0.2, 0) is 16.7 Å². The van der Waals surface area contributed by atoms with E-state index >= 15 is 0 Å². The number of carbonyl (C=O) groups is 2. The van der Waals surface area contributed by atoms with Gasteiger partial charge in [0.2, 0.25) is 0 Å². The van der Waals surface area contributed by atoms with Crippen LogP contribution in [0.5, 0.6) is 0 Å².